The molecule has 0 bridgehead atoms. The molecule has 1 N–H and O–H groups in total. The Hall–Kier alpha value is -0.540. The van der Waals surface area contributed by atoms with Gasteiger partial charge >= 0.3 is 0 Å². The van der Waals surface area contributed by atoms with Gasteiger partial charge in [-0.25, -0.2) is 0 Å². The van der Waals surface area contributed by atoms with Gasteiger partial charge in [0.25, 0.3) is 0 Å². The lowest BCUT2D eigenvalue weighted by atomic mass is 9.69. The summed E-state index contributed by atoms with van der Waals surface area (Å²) < 4.78 is 1.93. The molecule has 0 amide bonds. The third kappa shape index (κ3) is 2.57. The van der Waals surface area contributed by atoms with Crippen molar-refractivity contribution < 1.29 is 0 Å². The van der Waals surface area contributed by atoms with Crippen molar-refractivity contribution in [3.63, 3.8) is 0 Å². The number of hydrogen-bond donors (Lipinski definition) is 1. The van der Waals surface area contributed by atoms with Crippen LogP contribution >= 0.6 is 11.6 Å². The molecule has 4 heteroatoms. The Bertz CT molecular complexity index is 374. The molecule has 2 rings (SSSR count). The predicted octanol–water partition coefficient (Wildman–Crippen LogP) is 3.69. The number of rotatable bonds is 4. The van der Waals surface area contributed by atoms with E-state index >= 15 is 0 Å². The summed E-state index contributed by atoms with van der Waals surface area (Å²) in [6.07, 6.45) is 8.32. The summed E-state index contributed by atoms with van der Waals surface area (Å²) in [6, 6.07) is 0.308. The van der Waals surface area contributed by atoms with Crippen molar-refractivity contribution in [2.24, 2.45) is 12.5 Å². The van der Waals surface area contributed by atoms with E-state index in [2.05, 4.69) is 24.3 Å². The van der Waals surface area contributed by atoms with Crippen molar-refractivity contribution >= 4 is 11.6 Å². The number of nitrogens with zero attached hydrogens (tertiary/aromatic N) is 2. The van der Waals surface area contributed by atoms with E-state index in [1.165, 1.54) is 32.1 Å². The zero-order valence-electron chi connectivity index (χ0n) is 11.7. The van der Waals surface area contributed by atoms with E-state index in [1.54, 1.807) is 6.20 Å². The van der Waals surface area contributed by atoms with Crippen LogP contribution < -0.4 is 5.32 Å². The summed E-state index contributed by atoms with van der Waals surface area (Å²) in [4.78, 5) is 0. The minimum atomic E-state index is 0.297. The molecule has 1 unspecified atom stereocenters. The zero-order chi connectivity index (χ0) is 13.2. The summed E-state index contributed by atoms with van der Waals surface area (Å²) in [5, 5.41) is 8.71. The highest BCUT2D eigenvalue weighted by Crippen LogP contribution is 2.46. The minimum absolute atomic E-state index is 0.297. The first-order valence-corrected chi connectivity index (χ1v) is 7.37. The van der Waals surface area contributed by atoms with Gasteiger partial charge in [-0.15, -0.1) is 0 Å². The normalized spacial score (nSPS) is 20.9. The van der Waals surface area contributed by atoms with Gasteiger partial charge in [0, 0.05) is 7.05 Å². The Kier molecular flexibility index (Phi) is 4.33. The van der Waals surface area contributed by atoms with E-state index in [4.69, 9.17) is 11.6 Å². The third-order valence-corrected chi connectivity index (χ3v) is 4.60. The lowest BCUT2D eigenvalue weighted by molar-refractivity contribution is 0.140. The van der Waals surface area contributed by atoms with Gasteiger partial charge in [-0.2, -0.15) is 5.10 Å². The Labute approximate surface area is 115 Å². The Balaban J connectivity index is 2.33. The molecule has 0 aromatic carbocycles. The minimum Gasteiger partial charge on any atom is -0.308 e. The standard InChI is InChI=1S/C14H24ClN3/c1-4-16-13(12-11(15)10-17-18(12)3)14(2)8-6-5-7-9-14/h10,13,16H,4-9H2,1-3H3. The number of hydrogen-bond acceptors (Lipinski definition) is 2. The molecule has 18 heavy (non-hydrogen) atoms. The number of aryl methyl sites for hydroxylation is 1. The van der Waals surface area contributed by atoms with Gasteiger partial charge in [0.2, 0.25) is 0 Å². The lowest BCUT2D eigenvalue weighted by Crippen LogP contribution is -2.39. The molecule has 1 heterocycles. The summed E-state index contributed by atoms with van der Waals surface area (Å²) in [5.41, 5.74) is 1.44. The molecule has 1 aliphatic carbocycles. The number of halogens is 1. The fourth-order valence-electron chi connectivity index (χ4n) is 3.27. The maximum Gasteiger partial charge on any atom is 0.0834 e. The van der Waals surface area contributed by atoms with E-state index in [0.29, 0.717) is 11.5 Å². The van der Waals surface area contributed by atoms with Crippen molar-refractivity contribution in [2.45, 2.75) is 52.0 Å². The van der Waals surface area contributed by atoms with Crippen molar-refractivity contribution in [1.82, 2.24) is 15.1 Å². The molecule has 0 spiro atoms. The van der Waals surface area contributed by atoms with Crippen LogP contribution in [-0.2, 0) is 7.05 Å². The summed E-state index contributed by atoms with van der Waals surface area (Å²) in [6.45, 7) is 5.51. The van der Waals surface area contributed by atoms with Crippen LogP contribution in [0.2, 0.25) is 5.02 Å². The molecule has 1 saturated carbocycles. The SMILES string of the molecule is CCNC(c1c(Cl)cnn1C)C1(C)CCCCC1. The lowest BCUT2D eigenvalue weighted by Gasteiger charge is -2.41. The summed E-state index contributed by atoms with van der Waals surface area (Å²) in [7, 11) is 1.98. The predicted molar refractivity (Wildman–Crippen MR) is 75.8 cm³/mol. The molecular formula is C14H24ClN3. The van der Waals surface area contributed by atoms with Crippen LogP contribution in [-0.4, -0.2) is 16.3 Å². The summed E-state index contributed by atoms with van der Waals surface area (Å²) >= 11 is 6.33. The van der Waals surface area contributed by atoms with Gasteiger partial charge < -0.3 is 5.32 Å². The van der Waals surface area contributed by atoms with Crippen LogP contribution in [0.25, 0.3) is 0 Å². The van der Waals surface area contributed by atoms with Gasteiger partial charge in [0.05, 0.1) is 23.0 Å². The molecule has 0 saturated heterocycles. The van der Waals surface area contributed by atoms with Crippen molar-refractivity contribution in [3.05, 3.63) is 16.9 Å². The maximum absolute atomic E-state index is 6.33. The van der Waals surface area contributed by atoms with Crippen LogP contribution in [0.15, 0.2) is 6.20 Å². The average Bonchev–Trinajstić information content (AvgIpc) is 2.67. The Morgan fingerprint density at radius 3 is 2.61 bits per heavy atom. The monoisotopic (exact) mass is 269 g/mol. The topological polar surface area (TPSA) is 29.9 Å². The molecule has 0 radical (unpaired) electrons. The van der Waals surface area contributed by atoms with E-state index in [-0.39, 0.29) is 0 Å². The van der Waals surface area contributed by atoms with Gasteiger partial charge in [-0.05, 0) is 24.8 Å². The van der Waals surface area contributed by atoms with Crippen LogP contribution in [0, 0.1) is 5.41 Å². The van der Waals surface area contributed by atoms with Crippen molar-refractivity contribution in [2.75, 3.05) is 6.54 Å². The number of aromatic nitrogens is 2. The van der Waals surface area contributed by atoms with E-state index in [9.17, 15) is 0 Å². The second-order valence-electron chi connectivity index (χ2n) is 5.71. The molecule has 0 aliphatic heterocycles. The quantitative estimate of drug-likeness (QED) is 0.903. The highest BCUT2D eigenvalue weighted by Gasteiger charge is 2.38. The van der Waals surface area contributed by atoms with E-state index in [0.717, 1.165) is 17.3 Å². The molecule has 1 aromatic rings. The zero-order valence-corrected chi connectivity index (χ0v) is 12.4. The molecule has 3 nitrogen and oxygen atoms in total. The summed E-state index contributed by atoms with van der Waals surface area (Å²) in [5.74, 6) is 0. The third-order valence-electron chi connectivity index (χ3n) is 4.31. The molecule has 1 fully saturated rings. The molecule has 1 aliphatic rings. The molecule has 102 valence electrons. The fourth-order valence-corrected chi connectivity index (χ4v) is 3.55. The van der Waals surface area contributed by atoms with Crippen LogP contribution in [0.4, 0.5) is 0 Å². The van der Waals surface area contributed by atoms with Crippen molar-refractivity contribution in [1.29, 1.82) is 0 Å². The Morgan fingerprint density at radius 1 is 1.44 bits per heavy atom. The van der Waals surface area contributed by atoms with Crippen LogP contribution in [0.1, 0.15) is 57.7 Å². The van der Waals surface area contributed by atoms with Crippen LogP contribution in [0.3, 0.4) is 0 Å². The fraction of sp³-hybridized carbons (Fsp3) is 0.786. The molecule has 1 atom stereocenters. The van der Waals surface area contributed by atoms with Gasteiger partial charge in [0.15, 0.2) is 0 Å². The van der Waals surface area contributed by atoms with E-state index in [1.807, 2.05) is 11.7 Å². The second kappa shape index (κ2) is 5.62. The van der Waals surface area contributed by atoms with Gasteiger partial charge in [-0.3, -0.25) is 4.68 Å². The van der Waals surface area contributed by atoms with E-state index < -0.39 is 0 Å². The largest absolute Gasteiger partial charge is 0.308 e. The average molecular weight is 270 g/mol. The Morgan fingerprint density at radius 2 is 2.11 bits per heavy atom. The van der Waals surface area contributed by atoms with Gasteiger partial charge in [0.1, 0.15) is 0 Å². The van der Waals surface area contributed by atoms with Crippen LogP contribution in [0.5, 0.6) is 0 Å². The highest BCUT2D eigenvalue weighted by atomic mass is 35.5. The smallest absolute Gasteiger partial charge is 0.0834 e. The first-order chi connectivity index (χ1) is 8.58. The first-order valence-electron chi connectivity index (χ1n) is 6.99. The molecular weight excluding hydrogens is 246 g/mol. The maximum atomic E-state index is 6.33. The number of nitrogens with one attached hydrogen (secondary N) is 1. The first kappa shape index (κ1) is 13.9. The molecule has 1 aromatic heterocycles. The second-order valence-corrected chi connectivity index (χ2v) is 6.11. The van der Waals surface area contributed by atoms with Crippen molar-refractivity contribution in [3.8, 4) is 0 Å². The highest BCUT2D eigenvalue weighted by molar-refractivity contribution is 6.31. The van der Waals surface area contributed by atoms with Gasteiger partial charge in [-0.1, -0.05) is 44.7 Å².